The predicted molar refractivity (Wildman–Crippen MR) is 65.6 cm³/mol. The van der Waals surface area contributed by atoms with Crippen LogP contribution in [0.5, 0.6) is 0 Å². The zero-order valence-corrected chi connectivity index (χ0v) is 10.8. The van der Waals surface area contributed by atoms with Gasteiger partial charge in [-0.3, -0.25) is 4.79 Å². The summed E-state index contributed by atoms with van der Waals surface area (Å²) in [4.78, 5) is 13.8. The minimum absolute atomic E-state index is 0.0139. The molecule has 1 atom stereocenters. The summed E-state index contributed by atoms with van der Waals surface area (Å²) in [5.41, 5.74) is 0.0139. The zero-order chi connectivity index (χ0) is 11.5. The van der Waals surface area contributed by atoms with Gasteiger partial charge in [-0.05, 0) is 29.0 Å². The van der Waals surface area contributed by atoms with Gasteiger partial charge in [0.15, 0.2) is 0 Å². The van der Waals surface area contributed by atoms with Gasteiger partial charge >= 0.3 is 0 Å². The number of likely N-dealkylation sites (N-methyl/N-ethyl adjacent to an activating group) is 1. The molecule has 0 amide bonds. The van der Waals surface area contributed by atoms with Crippen molar-refractivity contribution in [2.24, 2.45) is 0 Å². The number of hydrogen-bond donors (Lipinski definition) is 0. The Morgan fingerprint density at radius 1 is 1.56 bits per heavy atom. The van der Waals surface area contributed by atoms with Crippen LogP contribution >= 0.6 is 15.9 Å². The van der Waals surface area contributed by atoms with Crippen LogP contribution in [-0.2, 0) is 11.3 Å². The van der Waals surface area contributed by atoms with E-state index >= 15 is 0 Å². The number of nitrogens with zero attached hydrogens (tertiary/aromatic N) is 2. The Bertz CT molecular complexity index is 419. The molecule has 16 heavy (non-hydrogen) atoms. The molecule has 1 saturated heterocycles. The lowest BCUT2D eigenvalue weighted by atomic mass is 10.3. The van der Waals surface area contributed by atoms with E-state index in [2.05, 4.69) is 27.9 Å². The van der Waals surface area contributed by atoms with Gasteiger partial charge in [0, 0.05) is 29.8 Å². The Balaban J connectivity index is 2.08. The Morgan fingerprint density at radius 2 is 2.38 bits per heavy atom. The van der Waals surface area contributed by atoms with Crippen molar-refractivity contribution in [1.82, 2.24) is 9.47 Å². The number of aromatic nitrogens is 1. The summed E-state index contributed by atoms with van der Waals surface area (Å²) in [5.74, 6) is 0. The van der Waals surface area contributed by atoms with E-state index in [0.717, 1.165) is 24.2 Å². The van der Waals surface area contributed by atoms with Gasteiger partial charge in [-0.15, -0.1) is 0 Å². The second-order valence-corrected chi connectivity index (χ2v) is 5.01. The standard InChI is InChI=1S/C11H15BrN2O2/c1-13-4-5-16-10(7-13)8-14-6-9(12)2-3-11(14)15/h2-3,6,10H,4-5,7-8H2,1H3. The summed E-state index contributed by atoms with van der Waals surface area (Å²) in [6.45, 7) is 3.19. The van der Waals surface area contributed by atoms with Crippen molar-refractivity contribution in [2.45, 2.75) is 12.6 Å². The molecular weight excluding hydrogens is 272 g/mol. The highest BCUT2D eigenvalue weighted by Crippen LogP contribution is 2.08. The summed E-state index contributed by atoms with van der Waals surface area (Å²) >= 11 is 3.36. The second-order valence-electron chi connectivity index (χ2n) is 4.09. The molecule has 88 valence electrons. The molecule has 0 bridgehead atoms. The topological polar surface area (TPSA) is 34.5 Å². The fourth-order valence-corrected chi connectivity index (χ4v) is 2.22. The van der Waals surface area contributed by atoms with Crippen LogP contribution in [0.2, 0.25) is 0 Å². The minimum atomic E-state index is 0.0139. The Morgan fingerprint density at radius 3 is 3.12 bits per heavy atom. The first-order chi connectivity index (χ1) is 7.65. The summed E-state index contributed by atoms with van der Waals surface area (Å²) in [6, 6.07) is 3.32. The fraction of sp³-hybridized carbons (Fsp3) is 0.545. The van der Waals surface area contributed by atoms with Crippen LogP contribution in [0.1, 0.15) is 0 Å². The number of rotatable bonds is 2. The SMILES string of the molecule is CN1CCOC(Cn2cc(Br)ccc2=O)C1. The molecular formula is C11H15BrN2O2. The van der Waals surface area contributed by atoms with E-state index in [1.165, 1.54) is 0 Å². The van der Waals surface area contributed by atoms with Gasteiger partial charge in [-0.1, -0.05) is 0 Å². The van der Waals surface area contributed by atoms with Crippen molar-refractivity contribution in [1.29, 1.82) is 0 Å². The van der Waals surface area contributed by atoms with Crippen LogP contribution in [0.4, 0.5) is 0 Å². The summed E-state index contributed by atoms with van der Waals surface area (Å²) in [6.07, 6.45) is 1.91. The van der Waals surface area contributed by atoms with Crippen LogP contribution in [0.3, 0.4) is 0 Å². The Hall–Kier alpha value is -0.650. The fourth-order valence-electron chi connectivity index (χ4n) is 1.84. The number of halogens is 1. The van der Waals surface area contributed by atoms with E-state index in [1.54, 1.807) is 22.9 Å². The molecule has 0 N–H and O–H groups in total. The van der Waals surface area contributed by atoms with E-state index in [1.807, 2.05) is 0 Å². The Kier molecular flexibility index (Phi) is 3.78. The second kappa shape index (κ2) is 5.12. The maximum atomic E-state index is 11.6. The summed E-state index contributed by atoms with van der Waals surface area (Å²) in [5, 5.41) is 0. The number of morpholine rings is 1. The average molecular weight is 287 g/mol. The number of ether oxygens (including phenoxy) is 1. The molecule has 1 unspecified atom stereocenters. The molecule has 0 radical (unpaired) electrons. The van der Waals surface area contributed by atoms with E-state index in [0.29, 0.717) is 6.54 Å². The third kappa shape index (κ3) is 2.93. The van der Waals surface area contributed by atoms with E-state index < -0.39 is 0 Å². The molecule has 0 saturated carbocycles. The molecule has 0 aromatic carbocycles. The lowest BCUT2D eigenvalue weighted by molar-refractivity contribution is -0.0279. The molecule has 1 aromatic rings. The minimum Gasteiger partial charge on any atom is -0.374 e. The Labute approximate surface area is 103 Å². The highest BCUT2D eigenvalue weighted by Gasteiger charge is 2.18. The van der Waals surface area contributed by atoms with Crippen LogP contribution in [0.15, 0.2) is 27.6 Å². The van der Waals surface area contributed by atoms with Gasteiger partial charge in [-0.2, -0.15) is 0 Å². The first kappa shape index (κ1) is 11.8. The van der Waals surface area contributed by atoms with Crippen LogP contribution < -0.4 is 5.56 Å². The van der Waals surface area contributed by atoms with E-state index in [4.69, 9.17) is 4.74 Å². The molecule has 0 aliphatic carbocycles. The molecule has 5 heteroatoms. The zero-order valence-electron chi connectivity index (χ0n) is 9.23. The van der Waals surface area contributed by atoms with E-state index in [-0.39, 0.29) is 11.7 Å². The van der Waals surface area contributed by atoms with E-state index in [9.17, 15) is 4.79 Å². The molecule has 2 heterocycles. The normalized spacial score (nSPS) is 22.2. The number of pyridine rings is 1. The monoisotopic (exact) mass is 286 g/mol. The molecule has 1 fully saturated rings. The van der Waals surface area contributed by atoms with Crippen molar-refractivity contribution < 1.29 is 4.74 Å². The highest BCUT2D eigenvalue weighted by atomic mass is 79.9. The van der Waals surface area contributed by atoms with Gasteiger partial charge in [0.2, 0.25) is 0 Å². The quantitative estimate of drug-likeness (QED) is 0.812. The lowest BCUT2D eigenvalue weighted by Crippen LogP contribution is -2.43. The third-order valence-corrected chi connectivity index (χ3v) is 3.16. The molecule has 1 aliphatic rings. The predicted octanol–water partition coefficient (Wildman–Crippen LogP) is 0.941. The highest BCUT2D eigenvalue weighted by molar-refractivity contribution is 9.10. The molecule has 1 aromatic heterocycles. The maximum Gasteiger partial charge on any atom is 0.250 e. The van der Waals surface area contributed by atoms with Crippen molar-refractivity contribution >= 4 is 15.9 Å². The smallest absolute Gasteiger partial charge is 0.250 e. The van der Waals surface area contributed by atoms with Gasteiger partial charge in [0.05, 0.1) is 19.3 Å². The summed E-state index contributed by atoms with van der Waals surface area (Å²) in [7, 11) is 2.07. The van der Waals surface area contributed by atoms with Gasteiger partial charge < -0.3 is 14.2 Å². The van der Waals surface area contributed by atoms with Gasteiger partial charge in [0.1, 0.15) is 0 Å². The maximum absolute atomic E-state index is 11.6. The molecule has 4 nitrogen and oxygen atoms in total. The largest absolute Gasteiger partial charge is 0.374 e. The van der Waals surface area contributed by atoms with Crippen LogP contribution in [0, 0.1) is 0 Å². The number of hydrogen-bond acceptors (Lipinski definition) is 3. The molecule has 1 aliphatic heterocycles. The van der Waals surface area contributed by atoms with Gasteiger partial charge in [-0.25, -0.2) is 0 Å². The van der Waals surface area contributed by atoms with Crippen molar-refractivity contribution in [2.75, 3.05) is 26.7 Å². The average Bonchev–Trinajstić information content (AvgIpc) is 2.24. The molecule has 0 spiro atoms. The first-order valence-electron chi connectivity index (χ1n) is 5.31. The molecule has 2 rings (SSSR count). The van der Waals surface area contributed by atoms with Crippen LogP contribution in [-0.4, -0.2) is 42.3 Å². The lowest BCUT2D eigenvalue weighted by Gasteiger charge is -2.30. The van der Waals surface area contributed by atoms with Crippen molar-refractivity contribution in [3.8, 4) is 0 Å². The van der Waals surface area contributed by atoms with Crippen molar-refractivity contribution in [3.05, 3.63) is 33.2 Å². The first-order valence-corrected chi connectivity index (χ1v) is 6.10. The van der Waals surface area contributed by atoms with Gasteiger partial charge in [0.25, 0.3) is 5.56 Å². The summed E-state index contributed by atoms with van der Waals surface area (Å²) < 4.78 is 8.23. The van der Waals surface area contributed by atoms with Crippen molar-refractivity contribution in [3.63, 3.8) is 0 Å². The third-order valence-electron chi connectivity index (χ3n) is 2.69. The van der Waals surface area contributed by atoms with Crippen LogP contribution in [0.25, 0.3) is 0 Å².